The molecule has 0 radical (unpaired) electrons. The lowest BCUT2D eigenvalue weighted by Gasteiger charge is -2.37. The highest BCUT2D eigenvalue weighted by Crippen LogP contribution is 2.29. The summed E-state index contributed by atoms with van der Waals surface area (Å²) >= 11 is 0. The molecule has 3 aromatic rings. The molecule has 0 aromatic heterocycles. The standard InChI is InChI=1S/C31H37N5O3/c1-3-30(24(2)39-22-25-7-5-4-6-8-25)36-31(21-37)35(23-32-36)28-11-9-26(10-12-28)33-17-19-34(20-18-33)27-13-15-29(38)16-14-27/h4-16,21,23-24,30-31,38H,3,17-20,22H2,1-2H3/t24-,30-,31?/m0/s1. The molecular weight excluding hydrogens is 490 g/mol. The third-order valence-corrected chi connectivity index (χ3v) is 7.65. The minimum absolute atomic E-state index is 0.0330. The van der Waals surface area contributed by atoms with Crippen molar-refractivity contribution in [2.45, 2.75) is 45.2 Å². The molecule has 39 heavy (non-hydrogen) atoms. The Labute approximate surface area is 230 Å². The second kappa shape index (κ2) is 12.2. The summed E-state index contributed by atoms with van der Waals surface area (Å²) in [6.07, 6.45) is 2.89. The number of ether oxygens (including phenoxy) is 1. The molecule has 3 aromatic carbocycles. The number of carbonyl (C=O) groups excluding carboxylic acids is 1. The molecule has 1 N–H and O–H groups in total. The van der Waals surface area contributed by atoms with Crippen molar-refractivity contribution in [3.05, 3.63) is 84.4 Å². The van der Waals surface area contributed by atoms with Crippen LogP contribution in [0.15, 0.2) is 84.0 Å². The SMILES string of the molecule is CC[C@@H]([C@H](C)OCc1ccccc1)N1N=CN(c2ccc(N3CCN(c4ccc(O)cc4)CC3)cc2)C1C=O. The number of carbonyl (C=O) groups is 1. The Hall–Kier alpha value is -4.04. The Morgan fingerprint density at radius 2 is 1.46 bits per heavy atom. The second-order valence-corrected chi connectivity index (χ2v) is 10.1. The van der Waals surface area contributed by atoms with Crippen LogP contribution in [0.2, 0.25) is 0 Å². The van der Waals surface area contributed by atoms with E-state index in [1.54, 1.807) is 18.5 Å². The third-order valence-electron chi connectivity index (χ3n) is 7.65. The Morgan fingerprint density at radius 3 is 2.03 bits per heavy atom. The summed E-state index contributed by atoms with van der Waals surface area (Å²) in [6, 6.07) is 25.8. The van der Waals surface area contributed by atoms with Crippen molar-refractivity contribution >= 4 is 29.7 Å². The van der Waals surface area contributed by atoms with Crippen molar-refractivity contribution in [3.8, 4) is 5.75 Å². The molecule has 5 rings (SSSR count). The van der Waals surface area contributed by atoms with Crippen LogP contribution in [0.5, 0.6) is 5.75 Å². The average molecular weight is 528 g/mol. The summed E-state index contributed by atoms with van der Waals surface area (Å²) in [6.45, 7) is 8.32. The number of hydrogen-bond acceptors (Lipinski definition) is 8. The van der Waals surface area contributed by atoms with Crippen LogP contribution in [0.4, 0.5) is 17.1 Å². The average Bonchev–Trinajstić information content (AvgIpc) is 3.41. The van der Waals surface area contributed by atoms with Crippen LogP contribution in [0.25, 0.3) is 0 Å². The van der Waals surface area contributed by atoms with Gasteiger partial charge in [0.2, 0.25) is 0 Å². The third kappa shape index (κ3) is 6.01. The molecule has 1 fully saturated rings. The van der Waals surface area contributed by atoms with E-state index in [2.05, 4.69) is 58.2 Å². The van der Waals surface area contributed by atoms with Gasteiger partial charge >= 0.3 is 0 Å². The zero-order valence-electron chi connectivity index (χ0n) is 22.6. The van der Waals surface area contributed by atoms with Crippen LogP contribution in [0.3, 0.4) is 0 Å². The van der Waals surface area contributed by atoms with Gasteiger partial charge in [0.15, 0.2) is 12.5 Å². The van der Waals surface area contributed by atoms with E-state index in [4.69, 9.17) is 4.74 Å². The quantitative estimate of drug-likeness (QED) is 0.384. The van der Waals surface area contributed by atoms with E-state index in [0.717, 1.165) is 61.5 Å². The number of benzene rings is 3. The highest BCUT2D eigenvalue weighted by atomic mass is 16.5. The van der Waals surface area contributed by atoms with Gasteiger partial charge in [-0.05, 0) is 67.4 Å². The maximum atomic E-state index is 12.3. The number of phenolic OH excluding ortho intramolecular Hbond substituents is 1. The number of nitrogens with zero attached hydrogens (tertiary/aromatic N) is 5. The predicted octanol–water partition coefficient (Wildman–Crippen LogP) is 4.69. The lowest BCUT2D eigenvalue weighted by molar-refractivity contribution is -0.114. The first-order valence-corrected chi connectivity index (χ1v) is 13.7. The minimum Gasteiger partial charge on any atom is -0.508 e. The molecule has 3 atom stereocenters. The van der Waals surface area contributed by atoms with Crippen LogP contribution in [0.1, 0.15) is 25.8 Å². The number of piperazine rings is 1. The van der Waals surface area contributed by atoms with E-state index in [-0.39, 0.29) is 17.9 Å². The van der Waals surface area contributed by atoms with Gasteiger partial charge in [0.05, 0.1) is 18.8 Å². The zero-order chi connectivity index (χ0) is 27.2. The molecule has 0 amide bonds. The molecule has 1 saturated heterocycles. The van der Waals surface area contributed by atoms with Gasteiger partial charge in [-0.2, -0.15) is 5.10 Å². The smallest absolute Gasteiger partial charge is 0.180 e. The molecule has 0 saturated carbocycles. The van der Waals surface area contributed by atoms with Crippen LogP contribution in [-0.2, 0) is 16.1 Å². The molecule has 0 aliphatic carbocycles. The Balaban J connectivity index is 1.19. The lowest BCUT2D eigenvalue weighted by Crippen LogP contribution is -2.49. The fourth-order valence-corrected chi connectivity index (χ4v) is 5.38. The van der Waals surface area contributed by atoms with Crippen molar-refractivity contribution in [2.24, 2.45) is 5.10 Å². The van der Waals surface area contributed by atoms with Crippen molar-refractivity contribution in [1.82, 2.24) is 5.01 Å². The molecule has 204 valence electrons. The number of aromatic hydroxyl groups is 1. The van der Waals surface area contributed by atoms with Crippen molar-refractivity contribution in [2.75, 3.05) is 40.9 Å². The monoisotopic (exact) mass is 527 g/mol. The van der Waals surface area contributed by atoms with Gasteiger partial charge in [-0.3, -0.25) is 9.80 Å². The van der Waals surface area contributed by atoms with Gasteiger partial charge < -0.3 is 24.5 Å². The van der Waals surface area contributed by atoms with Crippen LogP contribution in [0, 0.1) is 0 Å². The van der Waals surface area contributed by atoms with Gasteiger partial charge in [0.1, 0.15) is 12.1 Å². The Morgan fingerprint density at radius 1 is 0.897 bits per heavy atom. The molecule has 8 heteroatoms. The fourth-order valence-electron chi connectivity index (χ4n) is 5.38. The number of aldehydes is 1. The normalized spacial score (nSPS) is 18.9. The number of hydrazone groups is 1. The predicted molar refractivity (Wildman–Crippen MR) is 156 cm³/mol. The summed E-state index contributed by atoms with van der Waals surface area (Å²) in [5, 5.41) is 16.1. The van der Waals surface area contributed by atoms with E-state index in [0.29, 0.717) is 6.61 Å². The maximum absolute atomic E-state index is 12.3. The number of hydrogen-bond donors (Lipinski definition) is 1. The molecule has 1 unspecified atom stereocenters. The summed E-state index contributed by atoms with van der Waals surface area (Å²) in [7, 11) is 0. The van der Waals surface area contributed by atoms with Gasteiger partial charge in [-0.25, -0.2) is 0 Å². The van der Waals surface area contributed by atoms with Crippen molar-refractivity contribution < 1.29 is 14.6 Å². The highest BCUT2D eigenvalue weighted by Gasteiger charge is 2.36. The van der Waals surface area contributed by atoms with E-state index < -0.39 is 6.17 Å². The van der Waals surface area contributed by atoms with E-state index in [9.17, 15) is 9.90 Å². The molecule has 2 aliphatic heterocycles. The van der Waals surface area contributed by atoms with Gasteiger partial charge in [-0.15, -0.1) is 0 Å². The van der Waals surface area contributed by atoms with Crippen molar-refractivity contribution in [1.29, 1.82) is 0 Å². The zero-order valence-corrected chi connectivity index (χ0v) is 22.6. The molecule has 8 nitrogen and oxygen atoms in total. The van der Waals surface area contributed by atoms with Gasteiger partial charge in [0.25, 0.3) is 0 Å². The van der Waals surface area contributed by atoms with Crippen LogP contribution in [-0.4, -0.2) is 67.2 Å². The van der Waals surface area contributed by atoms with Crippen molar-refractivity contribution in [3.63, 3.8) is 0 Å². The summed E-state index contributed by atoms with van der Waals surface area (Å²) in [5.41, 5.74) is 4.34. The Bertz CT molecular complexity index is 1230. The summed E-state index contributed by atoms with van der Waals surface area (Å²) < 4.78 is 6.18. The lowest BCUT2D eigenvalue weighted by atomic mass is 10.1. The fraction of sp³-hybridized carbons (Fsp3) is 0.355. The van der Waals surface area contributed by atoms with E-state index in [1.165, 1.54) is 0 Å². The Kier molecular flexibility index (Phi) is 8.32. The maximum Gasteiger partial charge on any atom is 0.180 e. The van der Waals surface area contributed by atoms with Crippen LogP contribution < -0.4 is 14.7 Å². The number of phenols is 1. The summed E-state index contributed by atoms with van der Waals surface area (Å²) in [4.78, 5) is 18.9. The van der Waals surface area contributed by atoms with Crippen LogP contribution >= 0.6 is 0 Å². The topological polar surface area (TPSA) is 71.8 Å². The number of rotatable bonds is 10. The first kappa shape index (κ1) is 26.6. The molecule has 2 aliphatic rings. The second-order valence-electron chi connectivity index (χ2n) is 10.1. The first-order valence-electron chi connectivity index (χ1n) is 13.7. The minimum atomic E-state index is -0.516. The van der Waals surface area contributed by atoms with Gasteiger partial charge in [-0.1, -0.05) is 37.3 Å². The van der Waals surface area contributed by atoms with E-state index in [1.807, 2.05) is 47.2 Å². The summed E-state index contributed by atoms with van der Waals surface area (Å²) in [5.74, 6) is 0.289. The molecule has 0 spiro atoms. The molecule has 0 bridgehead atoms. The molecule has 2 heterocycles. The highest BCUT2D eigenvalue weighted by molar-refractivity contribution is 5.88. The number of anilines is 3. The van der Waals surface area contributed by atoms with E-state index >= 15 is 0 Å². The first-order chi connectivity index (χ1) is 19.1. The molecular formula is C31H37N5O3. The van der Waals surface area contributed by atoms with Gasteiger partial charge in [0, 0.05) is 43.2 Å². The largest absolute Gasteiger partial charge is 0.508 e.